The van der Waals surface area contributed by atoms with Crippen LogP contribution < -0.4 is 5.73 Å². The Kier molecular flexibility index (Phi) is 4.44. The zero-order valence-corrected chi connectivity index (χ0v) is 10.8. The van der Waals surface area contributed by atoms with Crippen LogP contribution in [0.5, 0.6) is 0 Å². The van der Waals surface area contributed by atoms with Crippen LogP contribution in [0.2, 0.25) is 0 Å². The molecule has 1 rings (SSSR count). The first-order valence-corrected chi connectivity index (χ1v) is 5.76. The molecule has 90 valence electrons. The second-order valence-electron chi connectivity index (χ2n) is 5.27. The van der Waals surface area contributed by atoms with Crippen LogP contribution in [-0.4, -0.2) is 29.5 Å². The molecule has 1 aromatic rings. The van der Waals surface area contributed by atoms with Crippen molar-refractivity contribution in [1.82, 2.24) is 9.88 Å². The third-order valence-corrected chi connectivity index (χ3v) is 3.07. The molecule has 0 aliphatic carbocycles. The Hall–Kier alpha value is -0.930. The third-order valence-electron chi connectivity index (χ3n) is 3.07. The van der Waals surface area contributed by atoms with Gasteiger partial charge in [-0.2, -0.15) is 0 Å². The molecule has 2 N–H and O–H groups in total. The highest BCUT2D eigenvalue weighted by Crippen LogP contribution is 2.20. The lowest BCUT2D eigenvalue weighted by Gasteiger charge is -2.33. The zero-order chi connectivity index (χ0) is 12.2. The van der Waals surface area contributed by atoms with Crippen LogP contribution in [0.4, 0.5) is 0 Å². The number of aromatic nitrogens is 1. The highest BCUT2D eigenvalue weighted by molar-refractivity contribution is 5.03. The van der Waals surface area contributed by atoms with E-state index >= 15 is 0 Å². The van der Waals surface area contributed by atoms with Gasteiger partial charge in [-0.3, -0.25) is 9.88 Å². The molecule has 0 aliphatic heterocycles. The molecule has 0 aliphatic rings. The van der Waals surface area contributed by atoms with E-state index in [1.807, 2.05) is 18.3 Å². The van der Waals surface area contributed by atoms with E-state index in [9.17, 15) is 0 Å². The van der Waals surface area contributed by atoms with E-state index in [0.717, 1.165) is 18.8 Å². The Morgan fingerprint density at radius 1 is 1.44 bits per heavy atom. The normalized spacial score (nSPS) is 14.1. The van der Waals surface area contributed by atoms with Gasteiger partial charge >= 0.3 is 0 Å². The fourth-order valence-corrected chi connectivity index (χ4v) is 1.66. The van der Waals surface area contributed by atoms with Crippen molar-refractivity contribution in [3.8, 4) is 0 Å². The Balaban J connectivity index is 2.51. The fraction of sp³-hybridized carbons (Fsp3) is 0.615. The molecule has 3 nitrogen and oxygen atoms in total. The predicted molar refractivity (Wildman–Crippen MR) is 68.0 cm³/mol. The van der Waals surface area contributed by atoms with Crippen LogP contribution in [0.15, 0.2) is 24.4 Å². The molecule has 0 saturated carbocycles. The first-order chi connectivity index (χ1) is 7.42. The lowest BCUT2D eigenvalue weighted by Crippen LogP contribution is -2.42. The monoisotopic (exact) mass is 221 g/mol. The van der Waals surface area contributed by atoms with E-state index in [2.05, 4.69) is 43.8 Å². The van der Waals surface area contributed by atoms with Crippen molar-refractivity contribution in [1.29, 1.82) is 0 Å². The second kappa shape index (κ2) is 5.41. The lowest BCUT2D eigenvalue weighted by atomic mass is 9.85. The summed E-state index contributed by atoms with van der Waals surface area (Å²) >= 11 is 0. The first kappa shape index (κ1) is 13.1. The molecule has 1 unspecified atom stereocenters. The zero-order valence-electron chi connectivity index (χ0n) is 10.8. The molecular weight excluding hydrogens is 198 g/mol. The Morgan fingerprint density at radius 3 is 2.62 bits per heavy atom. The van der Waals surface area contributed by atoms with Gasteiger partial charge in [0, 0.05) is 25.3 Å². The summed E-state index contributed by atoms with van der Waals surface area (Å²) in [6.07, 6.45) is 1.83. The minimum atomic E-state index is 0.129. The van der Waals surface area contributed by atoms with Crippen LogP contribution in [0, 0.1) is 5.41 Å². The number of hydrogen-bond acceptors (Lipinski definition) is 3. The number of nitrogens with zero attached hydrogens (tertiary/aromatic N) is 2. The van der Waals surface area contributed by atoms with E-state index in [1.165, 1.54) is 0 Å². The smallest absolute Gasteiger partial charge is 0.0543 e. The fourth-order valence-electron chi connectivity index (χ4n) is 1.66. The molecule has 1 aromatic heterocycles. The summed E-state index contributed by atoms with van der Waals surface area (Å²) < 4.78 is 0. The Morgan fingerprint density at radius 2 is 2.12 bits per heavy atom. The molecule has 0 amide bonds. The van der Waals surface area contributed by atoms with Gasteiger partial charge in [0.05, 0.1) is 5.69 Å². The van der Waals surface area contributed by atoms with Crippen LogP contribution >= 0.6 is 0 Å². The number of hydrogen-bond donors (Lipinski definition) is 1. The van der Waals surface area contributed by atoms with Gasteiger partial charge in [-0.25, -0.2) is 0 Å². The quantitative estimate of drug-likeness (QED) is 0.825. The number of nitrogens with two attached hydrogens (primary N) is 1. The summed E-state index contributed by atoms with van der Waals surface area (Å²) in [5.74, 6) is 0. The molecule has 3 heteroatoms. The summed E-state index contributed by atoms with van der Waals surface area (Å²) in [5.41, 5.74) is 7.20. The predicted octanol–water partition coefficient (Wildman–Crippen LogP) is 1.89. The number of rotatable bonds is 5. The average Bonchev–Trinajstić information content (AvgIpc) is 2.17. The Bertz CT molecular complexity index is 306. The summed E-state index contributed by atoms with van der Waals surface area (Å²) in [5, 5.41) is 0. The lowest BCUT2D eigenvalue weighted by molar-refractivity contribution is 0.177. The van der Waals surface area contributed by atoms with E-state index in [-0.39, 0.29) is 11.5 Å². The van der Waals surface area contributed by atoms with E-state index < -0.39 is 0 Å². The van der Waals surface area contributed by atoms with Gasteiger partial charge in [0.15, 0.2) is 0 Å². The van der Waals surface area contributed by atoms with Crippen LogP contribution in [-0.2, 0) is 6.54 Å². The first-order valence-electron chi connectivity index (χ1n) is 5.76. The summed E-state index contributed by atoms with van der Waals surface area (Å²) in [6, 6.07) is 6.20. The highest BCUT2D eigenvalue weighted by Gasteiger charge is 2.24. The van der Waals surface area contributed by atoms with E-state index in [0.29, 0.717) is 0 Å². The van der Waals surface area contributed by atoms with E-state index in [1.54, 1.807) is 0 Å². The molecule has 0 saturated heterocycles. The van der Waals surface area contributed by atoms with Crippen LogP contribution in [0.3, 0.4) is 0 Å². The van der Waals surface area contributed by atoms with Gasteiger partial charge in [-0.15, -0.1) is 0 Å². The van der Waals surface area contributed by atoms with Gasteiger partial charge in [-0.1, -0.05) is 19.9 Å². The molecule has 0 bridgehead atoms. The van der Waals surface area contributed by atoms with Crippen molar-refractivity contribution in [3.63, 3.8) is 0 Å². The topological polar surface area (TPSA) is 42.1 Å². The second-order valence-corrected chi connectivity index (χ2v) is 5.27. The maximum absolute atomic E-state index is 5.97. The molecule has 0 aromatic carbocycles. The van der Waals surface area contributed by atoms with Crippen molar-refractivity contribution >= 4 is 0 Å². The molecule has 0 fully saturated rings. The Labute approximate surface area is 98.7 Å². The SMILES string of the molecule is CC(N)C(C)(C)CN(C)Cc1ccccn1. The molecule has 0 spiro atoms. The summed E-state index contributed by atoms with van der Waals surface area (Å²) in [7, 11) is 2.11. The molecule has 1 heterocycles. The van der Waals surface area contributed by atoms with Crippen LogP contribution in [0.25, 0.3) is 0 Å². The third kappa shape index (κ3) is 3.91. The maximum atomic E-state index is 5.97. The van der Waals surface area contributed by atoms with Gasteiger partial charge in [0.1, 0.15) is 0 Å². The van der Waals surface area contributed by atoms with Crippen molar-refractivity contribution < 1.29 is 0 Å². The molecular formula is C13H23N3. The van der Waals surface area contributed by atoms with Crippen molar-refractivity contribution in [3.05, 3.63) is 30.1 Å². The molecule has 1 atom stereocenters. The minimum Gasteiger partial charge on any atom is -0.327 e. The van der Waals surface area contributed by atoms with Gasteiger partial charge in [0.2, 0.25) is 0 Å². The maximum Gasteiger partial charge on any atom is 0.0543 e. The largest absolute Gasteiger partial charge is 0.327 e. The molecule has 16 heavy (non-hydrogen) atoms. The van der Waals surface area contributed by atoms with Crippen molar-refractivity contribution in [2.75, 3.05) is 13.6 Å². The van der Waals surface area contributed by atoms with Crippen molar-refractivity contribution in [2.45, 2.75) is 33.4 Å². The van der Waals surface area contributed by atoms with Crippen LogP contribution in [0.1, 0.15) is 26.5 Å². The van der Waals surface area contributed by atoms with Gasteiger partial charge in [-0.05, 0) is 31.5 Å². The van der Waals surface area contributed by atoms with E-state index in [4.69, 9.17) is 5.73 Å². The minimum absolute atomic E-state index is 0.129. The van der Waals surface area contributed by atoms with Crippen molar-refractivity contribution in [2.24, 2.45) is 11.1 Å². The standard InChI is InChI=1S/C13H23N3/c1-11(14)13(2,3)10-16(4)9-12-7-5-6-8-15-12/h5-8,11H,9-10,14H2,1-4H3. The molecule has 0 radical (unpaired) electrons. The van der Waals surface area contributed by atoms with Gasteiger partial charge in [0.25, 0.3) is 0 Å². The van der Waals surface area contributed by atoms with Gasteiger partial charge < -0.3 is 5.73 Å². The summed E-state index contributed by atoms with van der Waals surface area (Å²) in [6.45, 7) is 8.31. The number of pyridine rings is 1. The average molecular weight is 221 g/mol. The summed E-state index contributed by atoms with van der Waals surface area (Å²) in [4.78, 5) is 6.59. The highest BCUT2D eigenvalue weighted by atomic mass is 15.1.